The van der Waals surface area contributed by atoms with Gasteiger partial charge in [0.05, 0.1) is 5.56 Å². The summed E-state index contributed by atoms with van der Waals surface area (Å²) in [7, 11) is 0. The van der Waals surface area contributed by atoms with Crippen molar-refractivity contribution in [3.63, 3.8) is 0 Å². The third-order valence-electron chi connectivity index (χ3n) is 3.31. The van der Waals surface area contributed by atoms with Crippen LogP contribution in [0.15, 0.2) is 18.2 Å². The van der Waals surface area contributed by atoms with Gasteiger partial charge < -0.3 is 4.90 Å². The molecule has 0 N–H and O–H groups in total. The number of piperidine rings is 1. The van der Waals surface area contributed by atoms with Crippen molar-refractivity contribution >= 4 is 21.8 Å². The Labute approximate surface area is 113 Å². The van der Waals surface area contributed by atoms with Crippen molar-refractivity contribution in [1.29, 1.82) is 0 Å². The Morgan fingerprint density at radius 1 is 1.44 bits per heavy atom. The molecule has 2 unspecified atom stereocenters. The van der Waals surface area contributed by atoms with Gasteiger partial charge in [0.15, 0.2) is 0 Å². The van der Waals surface area contributed by atoms with Crippen molar-refractivity contribution < 1.29 is 13.6 Å². The zero-order valence-corrected chi connectivity index (χ0v) is 11.6. The fourth-order valence-corrected chi connectivity index (χ4v) is 2.65. The summed E-state index contributed by atoms with van der Waals surface area (Å²) in [6.07, 6.45) is 0.860. The van der Waals surface area contributed by atoms with E-state index in [-0.39, 0.29) is 10.4 Å². The van der Waals surface area contributed by atoms with Crippen LogP contribution in [-0.4, -0.2) is 28.7 Å². The van der Waals surface area contributed by atoms with E-state index in [1.807, 2.05) is 0 Å². The lowest BCUT2D eigenvalue weighted by atomic mass is 9.98. The number of rotatable bonds is 1. The number of alkyl halides is 1. The molecule has 18 heavy (non-hydrogen) atoms. The van der Waals surface area contributed by atoms with E-state index in [0.29, 0.717) is 19.0 Å². The normalized spacial score (nSPS) is 24.1. The van der Waals surface area contributed by atoms with Crippen molar-refractivity contribution in [2.24, 2.45) is 5.92 Å². The maximum Gasteiger partial charge on any atom is 0.256 e. The average molecular weight is 318 g/mol. The molecule has 1 amide bonds. The largest absolute Gasteiger partial charge is 0.337 e. The molecule has 1 fully saturated rings. The summed E-state index contributed by atoms with van der Waals surface area (Å²) < 4.78 is 26.6. The van der Waals surface area contributed by atoms with E-state index in [9.17, 15) is 13.6 Å². The first-order chi connectivity index (χ1) is 8.49. The highest BCUT2D eigenvalue weighted by atomic mass is 79.9. The second-order valence-corrected chi connectivity index (χ2v) is 5.83. The average Bonchev–Trinajstić information content (AvgIpc) is 2.35. The SMILES string of the molecule is CC1CCN(C(=O)c2cc(F)ccc2F)CC1Br. The number of carbonyl (C=O) groups is 1. The van der Waals surface area contributed by atoms with Crippen molar-refractivity contribution in [2.75, 3.05) is 13.1 Å². The maximum absolute atomic E-state index is 13.5. The molecule has 98 valence electrons. The highest BCUT2D eigenvalue weighted by Gasteiger charge is 2.28. The van der Waals surface area contributed by atoms with Gasteiger partial charge in [-0.3, -0.25) is 4.79 Å². The first-order valence-electron chi connectivity index (χ1n) is 5.87. The number of nitrogens with zero attached hydrogens (tertiary/aromatic N) is 1. The first-order valence-corrected chi connectivity index (χ1v) is 6.79. The molecule has 2 atom stereocenters. The van der Waals surface area contributed by atoms with E-state index in [4.69, 9.17) is 0 Å². The molecule has 0 radical (unpaired) electrons. The van der Waals surface area contributed by atoms with Crippen LogP contribution in [0, 0.1) is 17.6 Å². The third-order valence-corrected chi connectivity index (χ3v) is 4.50. The van der Waals surface area contributed by atoms with E-state index < -0.39 is 17.5 Å². The van der Waals surface area contributed by atoms with Crippen LogP contribution < -0.4 is 0 Å². The Morgan fingerprint density at radius 3 is 2.83 bits per heavy atom. The van der Waals surface area contributed by atoms with Crippen LogP contribution >= 0.6 is 15.9 Å². The fraction of sp³-hybridized carbons (Fsp3) is 0.462. The Bertz CT molecular complexity index is 466. The van der Waals surface area contributed by atoms with Gasteiger partial charge in [-0.25, -0.2) is 8.78 Å². The second-order valence-electron chi connectivity index (χ2n) is 4.66. The van der Waals surface area contributed by atoms with Gasteiger partial charge in [-0.2, -0.15) is 0 Å². The van der Waals surface area contributed by atoms with E-state index in [1.165, 1.54) is 0 Å². The molecule has 0 aromatic heterocycles. The lowest BCUT2D eigenvalue weighted by Crippen LogP contribution is -2.43. The second kappa shape index (κ2) is 5.34. The summed E-state index contributed by atoms with van der Waals surface area (Å²) in [5, 5.41) is 0. The minimum absolute atomic E-state index is 0.191. The molecule has 5 heteroatoms. The van der Waals surface area contributed by atoms with Crippen LogP contribution in [0.4, 0.5) is 8.78 Å². The molecule has 2 rings (SSSR count). The van der Waals surface area contributed by atoms with Crippen molar-refractivity contribution in [2.45, 2.75) is 18.2 Å². The minimum atomic E-state index is -0.675. The Balaban J connectivity index is 2.19. The van der Waals surface area contributed by atoms with E-state index >= 15 is 0 Å². The third kappa shape index (κ3) is 2.71. The van der Waals surface area contributed by atoms with Crippen LogP contribution in [0.1, 0.15) is 23.7 Å². The summed E-state index contributed by atoms with van der Waals surface area (Å²) in [5.74, 6) is -1.23. The van der Waals surface area contributed by atoms with Gasteiger partial charge in [0.25, 0.3) is 5.91 Å². The molecule has 0 bridgehead atoms. The van der Waals surface area contributed by atoms with Gasteiger partial charge in [0.2, 0.25) is 0 Å². The smallest absolute Gasteiger partial charge is 0.256 e. The van der Waals surface area contributed by atoms with Crippen LogP contribution in [0.2, 0.25) is 0 Å². The molecule has 1 saturated heterocycles. The summed E-state index contributed by atoms with van der Waals surface area (Å²) in [6, 6.07) is 2.96. The topological polar surface area (TPSA) is 20.3 Å². The van der Waals surface area contributed by atoms with Crippen LogP contribution in [0.5, 0.6) is 0 Å². The van der Waals surface area contributed by atoms with Crippen LogP contribution in [0.3, 0.4) is 0 Å². The maximum atomic E-state index is 13.5. The number of halogens is 3. The summed E-state index contributed by atoms with van der Waals surface area (Å²) in [6.45, 7) is 3.21. The minimum Gasteiger partial charge on any atom is -0.337 e. The van der Waals surface area contributed by atoms with Crippen molar-refractivity contribution in [3.8, 4) is 0 Å². The van der Waals surface area contributed by atoms with Gasteiger partial charge in [-0.05, 0) is 30.5 Å². The monoisotopic (exact) mass is 317 g/mol. The fourth-order valence-electron chi connectivity index (χ4n) is 2.04. The van der Waals surface area contributed by atoms with Gasteiger partial charge in [-0.15, -0.1) is 0 Å². The molecule has 0 aliphatic carbocycles. The highest BCUT2D eigenvalue weighted by Crippen LogP contribution is 2.25. The zero-order chi connectivity index (χ0) is 13.3. The zero-order valence-electron chi connectivity index (χ0n) is 10.00. The molecule has 1 heterocycles. The molecular weight excluding hydrogens is 304 g/mol. The van der Waals surface area contributed by atoms with Gasteiger partial charge in [0, 0.05) is 17.9 Å². The summed E-state index contributed by atoms with van der Waals surface area (Å²) >= 11 is 3.51. The van der Waals surface area contributed by atoms with Crippen molar-refractivity contribution in [1.82, 2.24) is 4.90 Å². The van der Waals surface area contributed by atoms with E-state index in [1.54, 1.807) is 4.90 Å². The molecule has 0 saturated carbocycles. The number of hydrogen-bond donors (Lipinski definition) is 0. The predicted octanol–water partition coefficient (Wildman–Crippen LogP) is 3.21. The Morgan fingerprint density at radius 2 is 2.17 bits per heavy atom. The highest BCUT2D eigenvalue weighted by molar-refractivity contribution is 9.09. The van der Waals surface area contributed by atoms with E-state index in [2.05, 4.69) is 22.9 Å². The van der Waals surface area contributed by atoms with Gasteiger partial charge in [0.1, 0.15) is 11.6 Å². The van der Waals surface area contributed by atoms with Crippen LogP contribution in [0.25, 0.3) is 0 Å². The quantitative estimate of drug-likeness (QED) is 0.728. The van der Waals surface area contributed by atoms with Gasteiger partial charge in [-0.1, -0.05) is 22.9 Å². The Hall–Kier alpha value is -0.970. The number of amides is 1. The number of hydrogen-bond acceptors (Lipinski definition) is 1. The summed E-state index contributed by atoms with van der Waals surface area (Å²) in [5.41, 5.74) is -0.191. The molecule has 2 nitrogen and oxygen atoms in total. The van der Waals surface area contributed by atoms with Crippen LogP contribution in [-0.2, 0) is 0 Å². The molecule has 1 aromatic rings. The Kier molecular flexibility index (Phi) is 4.00. The molecule has 1 aromatic carbocycles. The number of benzene rings is 1. The standard InChI is InChI=1S/C13H14BrF2NO/c1-8-4-5-17(7-11(8)14)13(18)10-6-9(15)2-3-12(10)16/h2-3,6,8,11H,4-5,7H2,1H3. The number of likely N-dealkylation sites (tertiary alicyclic amines) is 1. The molecule has 1 aliphatic rings. The molecule has 0 spiro atoms. The number of carbonyl (C=O) groups excluding carboxylic acids is 1. The molecule has 1 aliphatic heterocycles. The summed E-state index contributed by atoms with van der Waals surface area (Å²) in [4.78, 5) is 13.9. The van der Waals surface area contributed by atoms with Crippen molar-refractivity contribution in [3.05, 3.63) is 35.4 Å². The first kappa shape index (κ1) is 13.5. The van der Waals surface area contributed by atoms with E-state index in [0.717, 1.165) is 24.6 Å². The van der Waals surface area contributed by atoms with Gasteiger partial charge >= 0.3 is 0 Å². The molecular formula is C13H14BrF2NO. The lowest BCUT2D eigenvalue weighted by molar-refractivity contribution is 0.0700. The predicted molar refractivity (Wildman–Crippen MR) is 68.8 cm³/mol. The lowest BCUT2D eigenvalue weighted by Gasteiger charge is -2.34.